The molecule has 0 saturated heterocycles. The number of rotatable bonds is 48. The van der Waals surface area contributed by atoms with E-state index in [1.807, 2.05) is 0 Å². The van der Waals surface area contributed by atoms with Crippen molar-refractivity contribution in [1.82, 2.24) is 0 Å². The van der Waals surface area contributed by atoms with Crippen molar-refractivity contribution >= 4 is 11.9 Å². The number of ether oxygens (including phenoxy) is 2. The molecule has 0 saturated carbocycles. The second kappa shape index (κ2) is 51.2. The summed E-state index contributed by atoms with van der Waals surface area (Å²) in [7, 11) is 0. The third-order valence-corrected chi connectivity index (χ3v) is 11.6. The molecule has 0 aromatic carbocycles. The molecule has 0 spiro atoms. The molecule has 0 aromatic rings. The van der Waals surface area contributed by atoms with Crippen LogP contribution >= 0.6 is 0 Å². The number of carbonyl (C=O) groups excluding carboxylic acids is 2. The molecule has 0 heterocycles. The number of allylic oxidation sites excluding steroid dienone is 8. The largest absolute Gasteiger partial charge is 0.462 e. The van der Waals surface area contributed by atoms with E-state index in [-0.39, 0.29) is 25.2 Å². The van der Waals surface area contributed by atoms with Crippen LogP contribution in [0.4, 0.5) is 0 Å². The first-order valence-corrected chi connectivity index (χ1v) is 26.2. The van der Waals surface area contributed by atoms with Crippen LogP contribution in [0.25, 0.3) is 0 Å². The lowest BCUT2D eigenvalue weighted by molar-refractivity contribution is -0.161. The normalized spacial score (nSPS) is 12.5. The fourth-order valence-electron chi connectivity index (χ4n) is 7.73. The second-order valence-electron chi connectivity index (χ2n) is 17.6. The van der Waals surface area contributed by atoms with Gasteiger partial charge in [0.05, 0.1) is 6.61 Å². The molecule has 350 valence electrons. The minimum Gasteiger partial charge on any atom is -0.462 e. The maximum atomic E-state index is 12.2. The van der Waals surface area contributed by atoms with E-state index < -0.39 is 6.10 Å². The highest BCUT2D eigenvalue weighted by molar-refractivity contribution is 5.70. The Morgan fingerprint density at radius 2 is 0.717 bits per heavy atom. The van der Waals surface area contributed by atoms with Gasteiger partial charge in [0.1, 0.15) is 6.61 Å². The van der Waals surface area contributed by atoms with Gasteiger partial charge in [0.15, 0.2) is 6.10 Å². The standard InChI is InChI=1S/C55H100O5/c1-3-5-7-9-11-13-15-17-19-20-21-22-23-24-25-26-27-28-29-30-31-32-33-34-36-37-39-41-43-45-47-49-54(57)59-52-53(51-56)60-55(58)50-48-46-44-42-40-38-35-18-16-14-12-10-8-6-4-2/h6,8,12,14,18,35,40,42,53,56H,3-5,7,9-11,13,15-17,19-34,36-39,41,43-52H2,1-2H3/b8-6-,14-12-,35-18-,42-40-. The van der Waals surface area contributed by atoms with Gasteiger partial charge in [0.25, 0.3) is 0 Å². The number of aliphatic hydroxyl groups excluding tert-OH is 1. The minimum absolute atomic E-state index is 0.0807. The fourth-order valence-corrected chi connectivity index (χ4v) is 7.73. The number of hydrogen-bond donors (Lipinski definition) is 1. The molecule has 0 fully saturated rings. The molecule has 5 heteroatoms. The SMILES string of the molecule is CC/C=C\C/C=C\C/C=C\C/C=C\CCCCC(=O)OC(CO)COC(=O)CCCCCCCCCCCCCCCCCCCCCCCCCCCCCCCCC. The summed E-state index contributed by atoms with van der Waals surface area (Å²) in [5, 5.41) is 9.60. The van der Waals surface area contributed by atoms with Gasteiger partial charge in [-0.25, -0.2) is 0 Å². The quantitative estimate of drug-likeness (QED) is 0.0375. The number of unbranched alkanes of at least 4 members (excludes halogenated alkanes) is 32. The molecule has 0 amide bonds. The molecule has 0 aliphatic carbocycles. The number of aliphatic hydroxyl groups is 1. The lowest BCUT2D eigenvalue weighted by Gasteiger charge is -2.15. The molecule has 0 rings (SSSR count). The van der Waals surface area contributed by atoms with Crippen molar-refractivity contribution < 1.29 is 24.2 Å². The van der Waals surface area contributed by atoms with Crippen molar-refractivity contribution in [2.45, 2.75) is 277 Å². The van der Waals surface area contributed by atoms with Crippen LogP contribution in [0.5, 0.6) is 0 Å². The van der Waals surface area contributed by atoms with Gasteiger partial charge in [-0.05, 0) is 51.4 Å². The topological polar surface area (TPSA) is 72.8 Å². The number of esters is 2. The van der Waals surface area contributed by atoms with Gasteiger partial charge >= 0.3 is 11.9 Å². The van der Waals surface area contributed by atoms with Crippen molar-refractivity contribution in [3.63, 3.8) is 0 Å². The van der Waals surface area contributed by atoms with E-state index in [2.05, 4.69) is 62.5 Å². The summed E-state index contributed by atoms with van der Waals surface area (Å²) in [6.45, 7) is 4.02. The fraction of sp³-hybridized carbons (Fsp3) is 0.818. The molecule has 1 unspecified atom stereocenters. The van der Waals surface area contributed by atoms with E-state index in [0.717, 1.165) is 64.2 Å². The summed E-state index contributed by atoms with van der Waals surface area (Å²) in [6, 6.07) is 0. The van der Waals surface area contributed by atoms with Gasteiger partial charge in [0, 0.05) is 12.8 Å². The smallest absolute Gasteiger partial charge is 0.306 e. The average Bonchev–Trinajstić information content (AvgIpc) is 3.25. The molecule has 5 nitrogen and oxygen atoms in total. The van der Waals surface area contributed by atoms with E-state index in [0.29, 0.717) is 12.8 Å². The Kier molecular flexibility index (Phi) is 49.4. The molecule has 0 aromatic heterocycles. The maximum Gasteiger partial charge on any atom is 0.306 e. The second-order valence-corrected chi connectivity index (χ2v) is 17.6. The summed E-state index contributed by atoms with van der Waals surface area (Å²) in [5.74, 6) is -0.630. The lowest BCUT2D eigenvalue weighted by atomic mass is 10.0. The van der Waals surface area contributed by atoms with Gasteiger partial charge < -0.3 is 14.6 Å². The summed E-state index contributed by atoms with van der Waals surface area (Å²) < 4.78 is 10.6. The van der Waals surface area contributed by atoms with Crippen molar-refractivity contribution in [3.05, 3.63) is 48.6 Å². The van der Waals surface area contributed by atoms with E-state index in [1.54, 1.807) is 0 Å². The van der Waals surface area contributed by atoms with Crippen molar-refractivity contribution in [2.75, 3.05) is 13.2 Å². The van der Waals surface area contributed by atoms with Crippen LogP contribution < -0.4 is 0 Å². The van der Waals surface area contributed by atoms with Crippen LogP contribution in [0.2, 0.25) is 0 Å². The zero-order chi connectivity index (χ0) is 43.5. The molecule has 0 aliphatic rings. The summed E-state index contributed by atoms with van der Waals surface area (Å²) in [4.78, 5) is 24.4. The first-order chi connectivity index (χ1) is 29.6. The van der Waals surface area contributed by atoms with Crippen LogP contribution in [0.3, 0.4) is 0 Å². The molecule has 1 atom stereocenters. The highest BCUT2D eigenvalue weighted by atomic mass is 16.6. The van der Waals surface area contributed by atoms with Gasteiger partial charge in [-0.2, -0.15) is 0 Å². The van der Waals surface area contributed by atoms with Crippen LogP contribution in [-0.2, 0) is 19.1 Å². The van der Waals surface area contributed by atoms with Gasteiger partial charge in [-0.15, -0.1) is 0 Å². The highest BCUT2D eigenvalue weighted by Crippen LogP contribution is 2.17. The summed E-state index contributed by atoms with van der Waals surface area (Å²) in [6.07, 6.45) is 66.7. The molecule has 0 radical (unpaired) electrons. The first kappa shape index (κ1) is 57.9. The van der Waals surface area contributed by atoms with Crippen molar-refractivity contribution in [3.8, 4) is 0 Å². The van der Waals surface area contributed by atoms with Crippen molar-refractivity contribution in [2.24, 2.45) is 0 Å². The predicted molar refractivity (Wildman–Crippen MR) is 261 cm³/mol. The molecular formula is C55H100O5. The van der Waals surface area contributed by atoms with Gasteiger partial charge in [-0.1, -0.05) is 255 Å². The van der Waals surface area contributed by atoms with E-state index in [4.69, 9.17) is 9.47 Å². The van der Waals surface area contributed by atoms with Crippen molar-refractivity contribution in [1.29, 1.82) is 0 Å². The molecule has 0 aliphatic heterocycles. The zero-order valence-electron chi connectivity index (χ0n) is 40.0. The molecular weight excluding hydrogens is 741 g/mol. The molecule has 1 N–H and O–H groups in total. The highest BCUT2D eigenvalue weighted by Gasteiger charge is 2.16. The van der Waals surface area contributed by atoms with Gasteiger partial charge in [-0.3, -0.25) is 9.59 Å². The Labute approximate surface area is 373 Å². The monoisotopic (exact) mass is 841 g/mol. The van der Waals surface area contributed by atoms with E-state index >= 15 is 0 Å². The zero-order valence-corrected chi connectivity index (χ0v) is 40.0. The first-order valence-electron chi connectivity index (χ1n) is 26.2. The Bertz CT molecular complexity index is 997. The number of carbonyl (C=O) groups is 2. The predicted octanol–water partition coefficient (Wildman–Crippen LogP) is 17.3. The Morgan fingerprint density at radius 3 is 1.08 bits per heavy atom. The third-order valence-electron chi connectivity index (χ3n) is 11.6. The number of hydrogen-bond acceptors (Lipinski definition) is 5. The molecule has 60 heavy (non-hydrogen) atoms. The van der Waals surface area contributed by atoms with E-state index in [1.165, 1.54) is 180 Å². The Balaban J connectivity index is 3.43. The van der Waals surface area contributed by atoms with Crippen LogP contribution in [0.15, 0.2) is 48.6 Å². The van der Waals surface area contributed by atoms with Crippen LogP contribution in [-0.4, -0.2) is 36.4 Å². The van der Waals surface area contributed by atoms with E-state index in [9.17, 15) is 14.7 Å². The summed E-state index contributed by atoms with van der Waals surface area (Å²) in [5.41, 5.74) is 0. The lowest BCUT2D eigenvalue weighted by Crippen LogP contribution is -2.28. The average molecular weight is 841 g/mol. The van der Waals surface area contributed by atoms with Crippen LogP contribution in [0.1, 0.15) is 271 Å². The molecule has 0 bridgehead atoms. The summed E-state index contributed by atoms with van der Waals surface area (Å²) >= 11 is 0. The van der Waals surface area contributed by atoms with Crippen LogP contribution in [0, 0.1) is 0 Å². The Hall–Kier alpha value is -2.14. The minimum atomic E-state index is -0.792. The van der Waals surface area contributed by atoms with Gasteiger partial charge in [0.2, 0.25) is 0 Å². The third kappa shape index (κ3) is 48.5. The Morgan fingerprint density at radius 1 is 0.400 bits per heavy atom. The maximum absolute atomic E-state index is 12.2.